The van der Waals surface area contributed by atoms with Gasteiger partial charge in [0.15, 0.2) is 0 Å². The van der Waals surface area contributed by atoms with Gasteiger partial charge >= 0.3 is 5.97 Å². The van der Waals surface area contributed by atoms with E-state index in [1.54, 1.807) is 29.2 Å². The number of benzene rings is 1. The minimum absolute atomic E-state index is 0.0175. The molecule has 0 aromatic heterocycles. The molecule has 0 saturated carbocycles. The average Bonchev–Trinajstić information content (AvgIpc) is 2.68. The molecular weight excluding hydrogens is 374 g/mol. The van der Waals surface area contributed by atoms with E-state index in [2.05, 4.69) is 10.6 Å². The van der Waals surface area contributed by atoms with Crippen molar-refractivity contribution in [3.05, 3.63) is 24.3 Å². The van der Waals surface area contributed by atoms with E-state index in [1.165, 1.54) is 0 Å². The van der Waals surface area contributed by atoms with Gasteiger partial charge in [0.1, 0.15) is 11.8 Å². The van der Waals surface area contributed by atoms with Gasteiger partial charge in [-0.05, 0) is 36.6 Å². The van der Waals surface area contributed by atoms with E-state index in [9.17, 15) is 14.4 Å². The van der Waals surface area contributed by atoms with Crippen LogP contribution in [0.5, 0.6) is 5.75 Å². The first kappa shape index (κ1) is 22.7. The average molecular weight is 405 g/mol. The van der Waals surface area contributed by atoms with Gasteiger partial charge < -0.3 is 20.1 Å². The second-order valence-corrected chi connectivity index (χ2v) is 7.48. The summed E-state index contributed by atoms with van der Waals surface area (Å²) in [7, 11) is 0. The van der Waals surface area contributed by atoms with Crippen molar-refractivity contribution in [3.63, 3.8) is 0 Å². The lowest BCUT2D eigenvalue weighted by Gasteiger charge is -2.33. The molecule has 1 aromatic carbocycles. The van der Waals surface area contributed by atoms with Crippen molar-refractivity contribution in [3.8, 4) is 5.75 Å². The van der Waals surface area contributed by atoms with Crippen molar-refractivity contribution in [2.24, 2.45) is 5.92 Å². The number of carbonyl (C=O) groups excluding carboxylic acids is 3. The van der Waals surface area contributed by atoms with Gasteiger partial charge in [-0.25, -0.2) is 0 Å². The van der Waals surface area contributed by atoms with Crippen LogP contribution in [-0.4, -0.2) is 61.6 Å². The molecule has 8 heteroatoms. The molecule has 1 aliphatic heterocycles. The number of amides is 2. The van der Waals surface area contributed by atoms with Gasteiger partial charge in [0.25, 0.3) is 0 Å². The Morgan fingerprint density at radius 3 is 2.66 bits per heavy atom. The third kappa shape index (κ3) is 7.73. The Balaban J connectivity index is 1.90. The maximum Gasteiger partial charge on any atom is 0.307 e. The lowest BCUT2D eigenvalue weighted by atomic mass is 10.1. The van der Waals surface area contributed by atoms with E-state index in [4.69, 9.17) is 9.47 Å². The predicted molar refractivity (Wildman–Crippen MR) is 110 cm³/mol. The molecule has 0 aliphatic carbocycles. The van der Waals surface area contributed by atoms with E-state index in [-0.39, 0.29) is 30.7 Å². The van der Waals surface area contributed by atoms with Crippen LogP contribution in [0.1, 0.15) is 33.6 Å². The summed E-state index contributed by atoms with van der Waals surface area (Å²) >= 11 is 0. The Bertz CT molecular complexity index is 690. The summed E-state index contributed by atoms with van der Waals surface area (Å²) < 4.78 is 10.7. The highest BCUT2D eigenvalue weighted by Gasteiger charge is 2.33. The molecule has 1 aliphatic rings. The normalized spacial score (nSPS) is 17.0. The zero-order valence-corrected chi connectivity index (χ0v) is 17.4. The van der Waals surface area contributed by atoms with Crippen molar-refractivity contribution < 1.29 is 23.9 Å². The molecule has 2 amide bonds. The number of rotatable bonds is 10. The monoisotopic (exact) mass is 405 g/mol. The van der Waals surface area contributed by atoms with Crippen molar-refractivity contribution in [2.45, 2.75) is 39.7 Å². The maximum absolute atomic E-state index is 12.5. The highest BCUT2D eigenvalue weighted by atomic mass is 16.5. The molecule has 1 saturated heterocycles. The molecule has 1 fully saturated rings. The van der Waals surface area contributed by atoms with Crippen LogP contribution in [0, 0.1) is 5.92 Å². The number of anilines is 1. The van der Waals surface area contributed by atoms with E-state index in [0.717, 1.165) is 12.2 Å². The summed E-state index contributed by atoms with van der Waals surface area (Å²) in [5.74, 6) is 0.0246. The van der Waals surface area contributed by atoms with E-state index < -0.39 is 12.0 Å². The van der Waals surface area contributed by atoms with Crippen LogP contribution in [-0.2, 0) is 19.1 Å². The number of hydrogen-bond acceptors (Lipinski definition) is 6. The van der Waals surface area contributed by atoms with Crippen LogP contribution in [0.25, 0.3) is 0 Å². The van der Waals surface area contributed by atoms with Crippen molar-refractivity contribution >= 4 is 23.5 Å². The lowest BCUT2D eigenvalue weighted by Crippen LogP contribution is -2.57. The fraction of sp³-hybridized carbons (Fsp3) is 0.571. The van der Waals surface area contributed by atoms with Crippen LogP contribution in [0.4, 0.5) is 5.69 Å². The molecule has 1 heterocycles. The van der Waals surface area contributed by atoms with Gasteiger partial charge in [-0.2, -0.15) is 0 Å². The van der Waals surface area contributed by atoms with E-state index >= 15 is 0 Å². The number of carbonyl (C=O) groups is 3. The number of hydrogen-bond donors (Lipinski definition) is 2. The first-order valence-corrected chi connectivity index (χ1v) is 10.1. The Labute approximate surface area is 171 Å². The molecule has 0 radical (unpaired) electrons. The molecule has 2 rings (SSSR count). The van der Waals surface area contributed by atoms with Gasteiger partial charge in [-0.15, -0.1) is 0 Å². The van der Waals surface area contributed by atoms with Gasteiger partial charge in [0, 0.05) is 18.8 Å². The standard InChI is InChI=1S/C21H31N3O5/c1-4-11-28-17-7-5-16(6-8-17)23-19(25)13-24-10-9-22-21(27)18(24)12-20(26)29-14-15(2)3/h5-8,15,18H,4,9-14H2,1-3H3,(H,22,27)(H,23,25). The minimum Gasteiger partial charge on any atom is -0.494 e. The van der Waals surface area contributed by atoms with Crippen molar-refractivity contribution in [2.75, 3.05) is 38.2 Å². The highest BCUT2D eigenvalue weighted by molar-refractivity contribution is 5.93. The van der Waals surface area contributed by atoms with E-state index in [1.807, 2.05) is 20.8 Å². The first-order valence-electron chi connectivity index (χ1n) is 10.1. The molecule has 1 atom stereocenters. The molecule has 1 unspecified atom stereocenters. The van der Waals surface area contributed by atoms with E-state index in [0.29, 0.717) is 32.0 Å². The molecule has 160 valence electrons. The number of ether oxygens (including phenoxy) is 2. The zero-order valence-electron chi connectivity index (χ0n) is 17.4. The summed E-state index contributed by atoms with van der Waals surface area (Å²) in [6, 6.07) is 6.43. The molecule has 8 nitrogen and oxygen atoms in total. The molecule has 29 heavy (non-hydrogen) atoms. The summed E-state index contributed by atoms with van der Waals surface area (Å²) in [6.45, 7) is 7.82. The topological polar surface area (TPSA) is 97.0 Å². The summed E-state index contributed by atoms with van der Waals surface area (Å²) in [4.78, 5) is 38.5. The molecule has 0 bridgehead atoms. The smallest absolute Gasteiger partial charge is 0.307 e. The molecule has 1 aromatic rings. The summed E-state index contributed by atoms with van der Waals surface area (Å²) in [5.41, 5.74) is 0.646. The lowest BCUT2D eigenvalue weighted by molar-refractivity contribution is -0.149. The van der Waals surface area contributed by atoms with Gasteiger partial charge in [0.2, 0.25) is 11.8 Å². The summed E-state index contributed by atoms with van der Waals surface area (Å²) in [6.07, 6.45) is 0.851. The second-order valence-electron chi connectivity index (χ2n) is 7.48. The van der Waals surface area contributed by atoms with Gasteiger partial charge in [0.05, 0.1) is 26.2 Å². The quantitative estimate of drug-likeness (QED) is 0.576. The predicted octanol–water partition coefficient (Wildman–Crippen LogP) is 1.80. The first-order chi connectivity index (χ1) is 13.9. The second kappa shape index (κ2) is 11.4. The SMILES string of the molecule is CCCOc1ccc(NC(=O)CN2CCNC(=O)C2CC(=O)OCC(C)C)cc1. The number of piperazine rings is 1. The molecule has 2 N–H and O–H groups in total. The van der Waals surface area contributed by atoms with Crippen LogP contribution in [0.15, 0.2) is 24.3 Å². The Hall–Kier alpha value is -2.61. The zero-order chi connectivity index (χ0) is 21.2. The van der Waals surface area contributed by atoms with Crippen LogP contribution in [0.3, 0.4) is 0 Å². The Morgan fingerprint density at radius 1 is 1.28 bits per heavy atom. The van der Waals surface area contributed by atoms with Crippen LogP contribution >= 0.6 is 0 Å². The van der Waals surface area contributed by atoms with Crippen LogP contribution < -0.4 is 15.4 Å². The third-order valence-corrected chi connectivity index (χ3v) is 4.34. The molecular formula is C21H31N3O5. The highest BCUT2D eigenvalue weighted by Crippen LogP contribution is 2.16. The fourth-order valence-electron chi connectivity index (χ4n) is 2.89. The number of nitrogens with one attached hydrogen (secondary N) is 2. The number of nitrogens with zero attached hydrogens (tertiary/aromatic N) is 1. The Kier molecular flexibility index (Phi) is 8.92. The number of esters is 1. The van der Waals surface area contributed by atoms with Gasteiger partial charge in [-0.3, -0.25) is 19.3 Å². The Morgan fingerprint density at radius 2 is 2.00 bits per heavy atom. The maximum atomic E-state index is 12.5. The van der Waals surface area contributed by atoms with Crippen molar-refractivity contribution in [1.82, 2.24) is 10.2 Å². The van der Waals surface area contributed by atoms with Crippen LogP contribution in [0.2, 0.25) is 0 Å². The summed E-state index contributed by atoms with van der Waals surface area (Å²) in [5, 5.41) is 5.56. The minimum atomic E-state index is -0.709. The van der Waals surface area contributed by atoms with Crippen molar-refractivity contribution in [1.29, 1.82) is 0 Å². The van der Waals surface area contributed by atoms with Gasteiger partial charge in [-0.1, -0.05) is 20.8 Å². The third-order valence-electron chi connectivity index (χ3n) is 4.34. The molecule has 0 spiro atoms. The largest absolute Gasteiger partial charge is 0.494 e. The fourth-order valence-corrected chi connectivity index (χ4v) is 2.89.